The molecule has 5 heteroatoms. The molecule has 0 bridgehead atoms. The molecule has 0 aromatic carbocycles. The van der Waals surface area contributed by atoms with Crippen molar-refractivity contribution in [1.29, 1.82) is 0 Å². The summed E-state index contributed by atoms with van der Waals surface area (Å²) in [6.45, 7) is 0.845. The predicted octanol–water partition coefficient (Wildman–Crippen LogP) is 1.55. The van der Waals surface area contributed by atoms with Crippen LogP contribution in [0.1, 0.15) is 5.56 Å². The maximum atomic E-state index is 6.00. The lowest BCUT2D eigenvalue weighted by atomic mass is 10.1. The van der Waals surface area contributed by atoms with Crippen molar-refractivity contribution in [2.45, 2.75) is 12.5 Å². The highest BCUT2D eigenvalue weighted by Crippen LogP contribution is 2.26. The number of halogens is 1. The summed E-state index contributed by atoms with van der Waals surface area (Å²) in [6.07, 6.45) is 4.61. The normalized spacial score (nSPS) is 20.2. The van der Waals surface area contributed by atoms with Crippen LogP contribution >= 0.6 is 11.6 Å². The summed E-state index contributed by atoms with van der Waals surface area (Å²) in [5.41, 5.74) is 1.92. The maximum absolute atomic E-state index is 6.00. The molecule has 3 heterocycles. The van der Waals surface area contributed by atoms with E-state index in [1.165, 1.54) is 6.33 Å². The molecule has 1 fully saturated rings. The van der Waals surface area contributed by atoms with Gasteiger partial charge in [0.05, 0.1) is 18.1 Å². The zero-order valence-corrected chi connectivity index (χ0v) is 8.08. The van der Waals surface area contributed by atoms with E-state index in [1.54, 1.807) is 0 Å². The largest absolute Gasteiger partial charge is 0.373 e. The fraction of sp³-hybridized carbons (Fsp3) is 0.333. The second-order valence-corrected chi connectivity index (χ2v) is 3.72. The lowest BCUT2D eigenvalue weighted by Crippen LogP contribution is -1.92. The molecule has 1 saturated heterocycles. The van der Waals surface area contributed by atoms with Gasteiger partial charge >= 0.3 is 0 Å². The summed E-state index contributed by atoms with van der Waals surface area (Å²) in [6, 6.07) is 0. The van der Waals surface area contributed by atoms with Crippen LogP contribution in [-0.2, 0) is 11.2 Å². The Hall–Kier alpha value is -1.13. The number of hydrogen-bond donors (Lipinski definition) is 1. The Labute approximate surface area is 85.3 Å². The van der Waals surface area contributed by atoms with Gasteiger partial charge in [-0.1, -0.05) is 11.6 Å². The number of nitrogens with one attached hydrogen (secondary N) is 1. The van der Waals surface area contributed by atoms with E-state index in [4.69, 9.17) is 16.3 Å². The number of rotatable bonds is 2. The molecule has 0 amide bonds. The topological polar surface area (TPSA) is 54.1 Å². The highest BCUT2D eigenvalue weighted by Gasteiger charge is 2.24. The molecular weight excluding hydrogens is 202 g/mol. The third-order valence-electron chi connectivity index (χ3n) is 2.36. The van der Waals surface area contributed by atoms with Gasteiger partial charge < -0.3 is 9.72 Å². The van der Waals surface area contributed by atoms with Crippen LogP contribution in [0.15, 0.2) is 12.5 Å². The minimum absolute atomic E-state index is 0.352. The van der Waals surface area contributed by atoms with E-state index in [2.05, 4.69) is 15.0 Å². The Bertz CT molecular complexity index is 478. The Morgan fingerprint density at radius 1 is 1.57 bits per heavy atom. The number of hydrogen-bond acceptors (Lipinski definition) is 3. The molecule has 1 aliphatic heterocycles. The van der Waals surface area contributed by atoms with E-state index >= 15 is 0 Å². The molecule has 0 aliphatic carbocycles. The first kappa shape index (κ1) is 8.20. The molecule has 0 saturated carbocycles. The summed E-state index contributed by atoms with van der Waals surface area (Å²) in [4.78, 5) is 11.1. The van der Waals surface area contributed by atoms with Gasteiger partial charge in [-0.05, 0) is 5.56 Å². The van der Waals surface area contributed by atoms with E-state index in [0.717, 1.165) is 29.6 Å². The number of epoxide rings is 1. The first-order chi connectivity index (χ1) is 6.84. The van der Waals surface area contributed by atoms with Gasteiger partial charge in [0.25, 0.3) is 0 Å². The Morgan fingerprint density at radius 3 is 3.21 bits per heavy atom. The summed E-state index contributed by atoms with van der Waals surface area (Å²) in [5, 5.41) is 1.43. The van der Waals surface area contributed by atoms with E-state index < -0.39 is 0 Å². The molecule has 0 spiro atoms. The first-order valence-electron chi connectivity index (χ1n) is 4.42. The molecule has 2 aromatic heterocycles. The van der Waals surface area contributed by atoms with Crippen molar-refractivity contribution in [1.82, 2.24) is 15.0 Å². The minimum Gasteiger partial charge on any atom is -0.373 e. The van der Waals surface area contributed by atoms with Crippen LogP contribution in [0.2, 0.25) is 5.15 Å². The smallest absolute Gasteiger partial charge is 0.142 e. The van der Waals surface area contributed by atoms with Crippen LogP contribution in [0, 0.1) is 0 Å². The van der Waals surface area contributed by atoms with Crippen LogP contribution in [0.5, 0.6) is 0 Å². The van der Waals surface area contributed by atoms with Crippen molar-refractivity contribution < 1.29 is 4.74 Å². The van der Waals surface area contributed by atoms with E-state index in [1.807, 2.05) is 6.20 Å². The van der Waals surface area contributed by atoms with Gasteiger partial charge in [0.1, 0.15) is 17.1 Å². The second kappa shape index (κ2) is 2.93. The number of ether oxygens (including phenoxy) is 1. The highest BCUT2D eigenvalue weighted by molar-refractivity contribution is 6.34. The molecule has 3 rings (SSSR count). The highest BCUT2D eigenvalue weighted by atomic mass is 35.5. The van der Waals surface area contributed by atoms with Crippen molar-refractivity contribution >= 4 is 22.6 Å². The Kier molecular flexibility index (Phi) is 1.72. The van der Waals surface area contributed by atoms with Gasteiger partial charge in [-0.25, -0.2) is 9.97 Å². The molecule has 14 heavy (non-hydrogen) atoms. The minimum atomic E-state index is 0.352. The number of aromatic nitrogens is 3. The molecule has 1 unspecified atom stereocenters. The molecule has 1 N–H and O–H groups in total. The molecule has 2 aromatic rings. The van der Waals surface area contributed by atoms with Crippen LogP contribution < -0.4 is 0 Å². The third-order valence-corrected chi connectivity index (χ3v) is 2.64. The van der Waals surface area contributed by atoms with Gasteiger partial charge in [-0.15, -0.1) is 0 Å². The standard InChI is InChI=1S/C9H8ClN3O/c10-8-7-5(1-6-3-14-6)2-11-9(7)13-4-12-8/h2,4,6H,1,3H2,(H,11,12,13). The summed E-state index contributed by atoms with van der Waals surface area (Å²) < 4.78 is 5.17. The fourth-order valence-corrected chi connectivity index (χ4v) is 1.83. The molecule has 72 valence electrons. The van der Waals surface area contributed by atoms with Gasteiger partial charge in [0.2, 0.25) is 0 Å². The zero-order valence-electron chi connectivity index (χ0n) is 7.33. The molecule has 4 nitrogen and oxygen atoms in total. The average molecular weight is 210 g/mol. The van der Waals surface area contributed by atoms with E-state index in [0.29, 0.717) is 11.3 Å². The first-order valence-corrected chi connectivity index (χ1v) is 4.80. The lowest BCUT2D eigenvalue weighted by Gasteiger charge is -1.96. The fourth-order valence-electron chi connectivity index (χ4n) is 1.58. The quantitative estimate of drug-likeness (QED) is 0.603. The summed E-state index contributed by atoms with van der Waals surface area (Å²) >= 11 is 6.00. The summed E-state index contributed by atoms with van der Waals surface area (Å²) in [7, 11) is 0. The molecule has 1 aliphatic rings. The zero-order chi connectivity index (χ0) is 9.54. The number of fused-ring (bicyclic) bond motifs is 1. The number of nitrogens with zero attached hydrogens (tertiary/aromatic N) is 2. The Morgan fingerprint density at radius 2 is 2.43 bits per heavy atom. The van der Waals surface area contributed by atoms with Crippen LogP contribution in [0.4, 0.5) is 0 Å². The van der Waals surface area contributed by atoms with Crippen LogP contribution in [0.25, 0.3) is 11.0 Å². The van der Waals surface area contributed by atoms with Gasteiger partial charge in [0, 0.05) is 12.6 Å². The third kappa shape index (κ3) is 1.27. The Balaban J connectivity index is 2.13. The average Bonchev–Trinajstić information content (AvgIpc) is 2.88. The van der Waals surface area contributed by atoms with Gasteiger partial charge in [-0.2, -0.15) is 0 Å². The van der Waals surface area contributed by atoms with E-state index in [9.17, 15) is 0 Å². The van der Waals surface area contributed by atoms with Crippen molar-refractivity contribution in [2.75, 3.05) is 6.61 Å². The van der Waals surface area contributed by atoms with E-state index in [-0.39, 0.29) is 0 Å². The molecule has 0 radical (unpaired) electrons. The SMILES string of the molecule is Clc1ncnc2[nH]cc(CC3CO3)c12. The van der Waals surface area contributed by atoms with Gasteiger partial charge in [-0.3, -0.25) is 0 Å². The molecule has 1 atom stereocenters. The van der Waals surface area contributed by atoms with Crippen molar-refractivity contribution in [3.05, 3.63) is 23.2 Å². The van der Waals surface area contributed by atoms with Crippen molar-refractivity contribution in [3.63, 3.8) is 0 Å². The lowest BCUT2D eigenvalue weighted by molar-refractivity contribution is 0.408. The molecular formula is C9H8ClN3O. The second-order valence-electron chi connectivity index (χ2n) is 3.36. The monoisotopic (exact) mass is 209 g/mol. The number of H-pyrrole nitrogens is 1. The summed E-state index contributed by atoms with van der Waals surface area (Å²) in [5.74, 6) is 0. The van der Waals surface area contributed by atoms with Crippen molar-refractivity contribution in [3.8, 4) is 0 Å². The maximum Gasteiger partial charge on any atom is 0.142 e. The van der Waals surface area contributed by atoms with Crippen LogP contribution in [0.3, 0.4) is 0 Å². The van der Waals surface area contributed by atoms with Crippen molar-refractivity contribution in [2.24, 2.45) is 0 Å². The van der Waals surface area contributed by atoms with Gasteiger partial charge in [0.15, 0.2) is 0 Å². The van der Waals surface area contributed by atoms with Crippen LogP contribution in [-0.4, -0.2) is 27.7 Å². The predicted molar refractivity (Wildman–Crippen MR) is 52.3 cm³/mol. The number of aromatic amines is 1.